The number of nitrogens with one attached hydrogen (secondary N) is 1. The summed E-state index contributed by atoms with van der Waals surface area (Å²) < 4.78 is 17.3. The van der Waals surface area contributed by atoms with Gasteiger partial charge in [0.2, 0.25) is 5.88 Å². The first-order valence-corrected chi connectivity index (χ1v) is 6.13. The largest absolute Gasteiger partial charge is 0.338 e. The molecule has 1 aliphatic carbocycles. The summed E-state index contributed by atoms with van der Waals surface area (Å²) >= 11 is 4.98. The Morgan fingerprint density at radius 1 is 1.65 bits per heavy atom. The molecule has 6 heteroatoms. The van der Waals surface area contributed by atoms with Crippen LogP contribution in [0.15, 0.2) is 10.6 Å². The summed E-state index contributed by atoms with van der Waals surface area (Å²) in [5, 5.41) is 6.05. The van der Waals surface area contributed by atoms with Gasteiger partial charge in [-0.15, -0.1) is 0 Å². The Hall–Kier alpha value is -1.10. The predicted molar refractivity (Wildman–Crippen MR) is 61.5 cm³/mol. The fraction of sp³-hybridized carbons (Fsp3) is 0.636. The molecule has 0 radical (unpaired) electrons. The zero-order valence-electron chi connectivity index (χ0n) is 9.29. The highest BCUT2D eigenvalue weighted by atomic mass is 35.5. The van der Waals surface area contributed by atoms with Gasteiger partial charge in [-0.1, -0.05) is 42.4 Å². The Morgan fingerprint density at radius 2 is 2.35 bits per heavy atom. The minimum atomic E-state index is -2.07. The molecule has 1 aromatic rings. The van der Waals surface area contributed by atoms with Crippen molar-refractivity contribution >= 4 is 23.4 Å². The molecule has 1 fully saturated rings. The molecule has 1 aliphatic rings. The van der Waals surface area contributed by atoms with E-state index in [1.54, 1.807) is 6.07 Å². The van der Waals surface area contributed by atoms with Crippen molar-refractivity contribution in [1.82, 2.24) is 5.16 Å². The Balaban J connectivity index is 1.89. The molecule has 94 valence electrons. The van der Waals surface area contributed by atoms with Crippen LogP contribution < -0.4 is 5.32 Å². The summed E-state index contributed by atoms with van der Waals surface area (Å²) in [6.45, 7) is 0. The molecule has 1 saturated carbocycles. The Morgan fingerprint density at radius 3 is 3.00 bits per heavy atom. The van der Waals surface area contributed by atoms with Crippen molar-refractivity contribution in [3.05, 3.63) is 11.8 Å². The van der Waals surface area contributed by atoms with Crippen LogP contribution in [-0.2, 0) is 11.2 Å². The average molecular weight is 261 g/mol. The van der Waals surface area contributed by atoms with Crippen molar-refractivity contribution in [2.75, 3.05) is 5.32 Å². The lowest BCUT2D eigenvalue weighted by atomic mass is 10.0. The number of alkyl halides is 2. The molecule has 17 heavy (non-hydrogen) atoms. The van der Waals surface area contributed by atoms with E-state index >= 15 is 0 Å². The van der Waals surface area contributed by atoms with Crippen molar-refractivity contribution in [3.8, 4) is 0 Å². The van der Waals surface area contributed by atoms with E-state index in [2.05, 4.69) is 10.5 Å². The molecule has 1 unspecified atom stereocenters. The van der Waals surface area contributed by atoms with E-state index in [4.69, 9.17) is 16.1 Å². The van der Waals surface area contributed by atoms with Crippen LogP contribution in [0.25, 0.3) is 0 Å². The Labute approximate surface area is 103 Å². The third kappa shape index (κ3) is 3.43. The van der Waals surface area contributed by atoms with Crippen LogP contribution in [0.1, 0.15) is 31.4 Å². The highest BCUT2D eigenvalue weighted by molar-refractivity contribution is 6.31. The third-order valence-corrected chi connectivity index (χ3v) is 3.17. The van der Waals surface area contributed by atoms with Gasteiger partial charge in [0.1, 0.15) is 0 Å². The molecule has 0 bridgehead atoms. The second kappa shape index (κ2) is 5.49. The lowest BCUT2D eigenvalue weighted by Crippen LogP contribution is -2.18. The van der Waals surface area contributed by atoms with Gasteiger partial charge < -0.3 is 4.52 Å². The molecule has 1 amide bonds. The maximum absolute atomic E-state index is 12.4. The summed E-state index contributed by atoms with van der Waals surface area (Å²) in [6.07, 6.45) is 5.80. The van der Waals surface area contributed by atoms with Crippen molar-refractivity contribution in [3.63, 3.8) is 0 Å². The van der Waals surface area contributed by atoms with E-state index < -0.39 is 11.5 Å². The summed E-state index contributed by atoms with van der Waals surface area (Å²) in [4.78, 5) is 11.0. The summed E-state index contributed by atoms with van der Waals surface area (Å²) in [6, 6.07) is 1.62. The lowest BCUT2D eigenvalue weighted by Gasteiger charge is -2.03. The molecule has 4 nitrogen and oxygen atoms in total. The number of anilines is 1. The summed E-state index contributed by atoms with van der Waals surface area (Å²) in [7, 11) is 0. The van der Waals surface area contributed by atoms with Crippen LogP contribution in [0.5, 0.6) is 0 Å². The van der Waals surface area contributed by atoms with E-state index in [0.29, 0.717) is 5.92 Å². The lowest BCUT2D eigenvalue weighted by molar-refractivity contribution is -0.118. The number of carbonyl (C=O) groups is 1. The van der Waals surface area contributed by atoms with Gasteiger partial charge in [0, 0.05) is 6.07 Å². The molecule has 1 N–H and O–H groups in total. The number of rotatable bonds is 4. The minimum Gasteiger partial charge on any atom is -0.338 e. The highest BCUT2D eigenvalue weighted by Gasteiger charge is 2.19. The zero-order valence-corrected chi connectivity index (χ0v) is 10.0. The van der Waals surface area contributed by atoms with Gasteiger partial charge in [-0.2, -0.15) is 0 Å². The van der Waals surface area contributed by atoms with E-state index in [0.717, 1.165) is 12.1 Å². The van der Waals surface area contributed by atoms with Crippen LogP contribution in [0.2, 0.25) is 0 Å². The molecule has 0 aromatic carbocycles. The quantitative estimate of drug-likeness (QED) is 0.847. The molecule has 1 aromatic heterocycles. The number of hydrogen-bond acceptors (Lipinski definition) is 3. The van der Waals surface area contributed by atoms with Crippen molar-refractivity contribution in [2.45, 2.75) is 37.7 Å². The maximum Gasteiger partial charge on any atom is 0.276 e. The monoisotopic (exact) mass is 260 g/mol. The van der Waals surface area contributed by atoms with Crippen LogP contribution >= 0.6 is 11.6 Å². The van der Waals surface area contributed by atoms with Crippen LogP contribution in [0.4, 0.5) is 10.3 Å². The van der Waals surface area contributed by atoms with Crippen molar-refractivity contribution in [1.29, 1.82) is 0 Å². The number of nitrogens with zero attached hydrogens (tertiary/aromatic N) is 1. The first kappa shape index (κ1) is 12.4. The van der Waals surface area contributed by atoms with Crippen LogP contribution in [0, 0.1) is 5.92 Å². The number of carbonyl (C=O) groups excluding carboxylic acids is 1. The molecular formula is C11H14ClFN2O2. The van der Waals surface area contributed by atoms with Gasteiger partial charge in [0.05, 0.1) is 5.69 Å². The van der Waals surface area contributed by atoms with E-state index in [1.165, 1.54) is 25.7 Å². The Bertz CT molecular complexity index is 389. The fourth-order valence-corrected chi connectivity index (χ4v) is 2.21. The predicted octanol–water partition coefficient (Wildman–Crippen LogP) is 2.88. The second-order valence-electron chi connectivity index (χ2n) is 4.33. The van der Waals surface area contributed by atoms with Gasteiger partial charge in [0.15, 0.2) is 0 Å². The van der Waals surface area contributed by atoms with Gasteiger partial charge >= 0.3 is 0 Å². The number of aromatic nitrogens is 1. The van der Waals surface area contributed by atoms with E-state index in [9.17, 15) is 9.18 Å². The minimum absolute atomic E-state index is 0.145. The van der Waals surface area contributed by atoms with E-state index in [-0.39, 0.29) is 5.88 Å². The van der Waals surface area contributed by atoms with E-state index in [1.807, 2.05) is 0 Å². The number of hydrogen-bond donors (Lipinski definition) is 1. The molecular weight excluding hydrogens is 247 g/mol. The van der Waals surface area contributed by atoms with Crippen LogP contribution in [-0.4, -0.2) is 16.7 Å². The normalized spacial score (nSPS) is 18.2. The van der Waals surface area contributed by atoms with Crippen molar-refractivity contribution in [2.24, 2.45) is 5.92 Å². The average Bonchev–Trinajstić information content (AvgIpc) is 2.91. The van der Waals surface area contributed by atoms with Crippen LogP contribution in [0.3, 0.4) is 0 Å². The smallest absolute Gasteiger partial charge is 0.276 e. The first-order valence-electron chi connectivity index (χ1n) is 5.70. The maximum atomic E-state index is 12.4. The van der Waals surface area contributed by atoms with Gasteiger partial charge in [-0.05, 0) is 12.3 Å². The standard InChI is InChI=1S/C11H14ClFN2O2/c12-10(13)11(16)14-9-6-8(15-17-9)5-7-3-1-2-4-7/h6-7,10H,1-5H2,(H,14,16). The molecule has 2 rings (SSSR count). The van der Waals surface area contributed by atoms with Gasteiger partial charge in [-0.3, -0.25) is 10.1 Å². The number of halogens is 2. The van der Waals surface area contributed by atoms with Crippen molar-refractivity contribution < 1.29 is 13.7 Å². The summed E-state index contributed by atoms with van der Waals surface area (Å²) in [5.41, 5.74) is -1.28. The Kier molecular flexibility index (Phi) is 3.99. The van der Waals surface area contributed by atoms with Gasteiger partial charge in [0.25, 0.3) is 11.5 Å². The molecule has 1 atom stereocenters. The molecule has 0 spiro atoms. The summed E-state index contributed by atoms with van der Waals surface area (Å²) in [5.74, 6) is -0.146. The second-order valence-corrected chi connectivity index (χ2v) is 4.71. The van der Waals surface area contributed by atoms with Gasteiger partial charge in [-0.25, -0.2) is 4.39 Å². The SMILES string of the molecule is O=C(Nc1cc(CC2CCCC2)no1)C(F)Cl. The fourth-order valence-electron chi connectivity index (χ4n) is 2.15. The zero-order chi connectivity index (χ0) is 12.3. The highest BCUT2D eigenvalue weighted by Crippen LogP contribution is 2.28. The first-order chi connectivity index (χ1) is 8.15. The molecule has 0 saturated heterocycles. The molecule has 0 aliphatic heterocycles. The topological polar surface area (TPSA) is 55.1 Å². The third-order valence-electron chi connectivity index (χ3n) is 2.98. The number of amides is 1. The molecule has 1 heterocycles.